The number of furan rings is 1. The molecule has 0 radical (unpaired) electrons. The molecule has 1 atom stereocenters. The third-order valence-electron chi connectivity index (χ3n) is 2.34. The van der Waals surface area contributed by atoms with Gasteiger partial charge in [0.2, 0.25) is 0 Å². The molecule has 1 unspecified atom stereocenters. The Kier molecular flexibility index (Phi) is 4.03. The summed E-state index contributed by atoms with van der Waals surface area (Å²) in [5, 5.41) is 9.76. The second kappa shape index (κ2) is 5.07. The van der Waals surface area contributed by atoms with Crippen molar-refractivity contribution in [3.63, 3.8) is 0 Å². The van der Waals surface area contributed by atoms with E-state index in [9.17, 15) is 5.11 Å². The maximum atomic E-state index is 9.76. The molecule has 0 amide bonds. The molecule has 0 aliphatic heterocycles. The van der Waals surface area contributed by atoms with Crippen molar-refractivity contribution in [3.05, 3.63) is 23.7 Å². The highest BCUT2D eigenvalue weighted by atomic mass is 16.3. The number of aliphatic hydroxyl groups excluding tert-OH is 1. The highest BCUT2D eigenvalue weighted by Crippen LogP contribution is 2.23. The quantitative estimate of drug-likeness (QED) is 0.709. The van der Waals surface area contributed by atoms with Crippen molar-refractivity contribution in [2.75, 3.05) is 0 Å². The van der Waals surface area contributed by atoms with E-state index in [-0.39, 0.29) is 6.10 Å². The molecule has 13 heavy (non-hydrogen) atoms. The normalized spacial score (nSPS) is 13.2. The molecule has 0 saturated carbocycles. The summed E-state index contributed by atoms with van der Waals surface area (Å²) in [6.45, 7) is 4.05. The Labute approximate surface area is 79.6 Å². The standard InChI is InChI=1S/C11H18O2/c1-3-4-5-6-11(12)10-7-8-13-9(10)2/h7-8,11-12H,3-6H2,1-2H3. The van der Waals surface area contributed by atoms with Gasteiger partial charge in [0.1, 0.15) is 5.76 Å². The largest absolute Gasteiger partial charge is 0.469 e. The van der Waals surface area contributed by atoms with Gasteiger partial charge in [-0.05, 0) is 19.4 Å². The van der Waals surface area contributed by atoms with Crippen molar-refractivity contribution in [1.29, 1.82) is 0 Å². The molecule has 1 aromatic rings. The molecule has 0 bridgehead atoms. The van der Waals surface area contributed by atoms with E-state index in [1.165, 1.54) is 12.8 Å². The van der Waals surface area contributed by atoms with Gasteiger partial charge in [-0.3, -0.25) is 0 Å². The van der Waals surface area contributed by atoms with Crippen LogP contribution in [0.25, 0.3) is 0 Å². The van der Waals surface area contributed by atoms with Crippen molar-refractivity contribution in [3.8, 4) is 0 Å². The molecule has 0 spiro atoms. The number of hydrogen-bond donors (Lipinski definition) is 1. The lowest BCUT2D eigenvalue weighted by molar-refractivity contribution is 0.161. The highest BCUT2D eigenvalue weighted by molar-refractivity contribution is 5.18. The topological polar surface area (TPSA) is 33.4 Å². The van der Waals surface area contributed by atoms with E-state index in [2.05, 4.69) is 6.92 Å². The molecule has 0 fully saturated rings. The maximum absolute atomic E-state index is 9.76. The first-order chi connectivity index (χ1) is 6.25. The molecular weight excluding hydrogens is 164 g/mol. The van der Waals surface area contributed by atoms with Gasteiger partial charge in [-0.1, -0.05) is 26.2 Å². The Hall–Kier alpha value is -0.760. The van der Waals surface area contributed by atoms with Crippen LogP contribution in [-0.4, -0.2) is 5.11 Å². The van der Waals surface area contributed by atoms with Gasteiger partial charge in [-0.15, -0.1) is 0 Å². The SMILES string of the molecule is CCCCCC(O)c1ccoc1C. The van der Waals surface area contributed by atoms with Gasteiger partial charge >= 0.3 is 0 Å². The van der Waals surface area contributed by atoms with Crippen LogP contribution in [0.3, 0.4) is 0 Å². The first kappa shape index (κ1) is 10.3. The molecule has 0 aromatic carbocycles. The molecule has 0 saturated heterocycles. The fraction of sp³-hybridized carbons (Fsp3) is 0.636. The van der Waals surface area contributed by atoms with Crippen LogP contribution < -0.4 is 0 Å². The average Bonchev–Trinajstić information content (AvgIpc) is 2.52. The van der Waals surface area contributed by atoms with Gasteiger partial charge in [0.25, 0.3) is 0 Å². The maximum Gasteiger partial charge on any atom is 0.106 e. The van der Waals surface area contributed by atoms with E-state index >= 15 is 0 Å². The van der Waals surface area contributed by atoms with Crippen molar-refractivity contribution in [2.24, 2.45) is 0 Å². The summed E-state index contributed by atoms with van der Waals surface area (Å²) in [4.78, 5) is 0. The van der Waals surface area contributed by atoms with E-state index in [0.29, 0.717) is 0 Å². The fourth-order valence-corrected chi connectivity index (χ4v) is 1.48. The molecular formula is C11H18O2. The minimum absolute atomic E-state index is 0.342. The Morgan fingerprint density at radius 3 is 2.77 bits per heavy atom. The Bertz CT molecular complexity index is 240. The first-order valence-electron chi connectivity index (χ1n) is 4.97. The molecule has 0 aliphatic rings. The smallest absolute Gasteiger partial charge is 0.106 e. The molecule has 74 valence electrons. The Morgan fingerprint density at radius 1 is 1.46 bits per heavy atom. The Morgan fingerprint density at radius 2 is 2.23 bits per heavy atom. The van der Waals surface area contributed by atoms with Crippen molar-refractivity contribution in [2.45, 2.75) is 45.6 Å². The molecule has 1 N–H and O–H groups in total. The summed E-state index contributed by atoms with van der Waals surface area (Å²) in [5.41, 5.74) is 0.941. The van der Waals surface area contributed by atoms with Crippen molar-refractivity contribution >= 4 is 0 Å². The molecule has 1 aromatic heterocycles. The minimum Gasteiger partial charge on any atom is -0.469 e. The minimum atomic E-state index is -0.342. The first-order valence-corrected chi connectivity index (χ1v) is 4.97. The van der Waals surface area contributed by atoms with Crippen LogP contribution in [0.4, 0.5) is 0 Å². The number of rotatable bonds is 5. The number of aliphatic hydroxyl groups is 1. The van der Waals surface area contributed by atoms with E-state index in [1.54, 1.807) is 6.26 Å². The van der Waals surface area contributed by atoms with Gasteiger partial charge in [-0.2, -0.15) is 0 Å². The van der Waals surface area contributed by atoms with Crippen molar-refractivity contribution in [1.82, 2.24) is 0 Å². The molecule has 2 heteroatoms. The van der Waals surface area contributed by atoms with E-state index in [1.807, 2.05) is 13.0 Å². The highest BCUT2D eigenvalue weighted by Gasteiger charge is 2.11. The van der Waals surface area contributed by atoms with Crippen LogP contribution in [0.2, 0.25) is 0 Å². The summed E-state index contributed by atoms with van der Waals surface area (Å²) in [6, 6.07) is 1.85. The van der Waals surface area contributed by atoms with Crippen LogP contribution in [0.15, 0.2) is 16.7 Å². The predicted octanol–water partition coefficient (Wildman–Crippen LogP) is 3.20. The van der Waals surface area contributed by atoms with E-state index < -0.39 is 0 Å². The van der Waals surface area contributed by atoms with Gasteiger partial charge in [0, 0.05) is 5.56 Å². The molecule has 0 aliphatic carbocycles. The molecule has 1 heterocycles. The Balaban J connectivity index is 2.39. The number of aryl methyl sites for hydroxylation is 1. The van der Waals surface area contributed by atoms with Gasteiger partial charge in [0.15, 0.2) is 0 Å². The second-order valence-electron chi connectivity index (χ2n) is 3.44. The zero-order valence-corrected chi connectivity index (χ0v) is 8.42. The van der Waals surface area contributed by atoms with Gasteiger partial charge in [-0.25, -0.2) is 0 Å². The van der Waals surface area contributed by atoms with E-state index in [4.69, 9.17) is 4.42 Å². The van der Waals surface area contributed by atoms with Crippen LogP contribution in [0.1, 0.15) is 50.0 Å². The summed E-state index contributed by atoms with van der Waals surface area (Å²) >= 11 is 0. The zero-order valence-electron chi connectivity index (χ0n) is 8.42. The summed E-state index contributed by atoms with van der Waals surface area (Å²) < 4.78 is 5.13. The molecule has 2 nitrogen and oxygen atoms in total. The fourth-order valence-electron chi connectivity index (χ4n) is 1.48. The van der Waals surface area contributed by atoms with E-state index in [0.717, 1.165) is 24.2 Å². The van der Waals surface area contributed by atoms with Crippen molar-refractivity contribution < 1.29 is 9.52 Å². The van der Waals surface area contributed by atoms with Crippen LogP contribution in [0, 0.1) is 6.92 Å². The summed E-state index contributed by atoms with van der Waals surface area (Å²) in [5.74, 6) is 0.837. The van der Waals surface area contributed by atoms with Gasteiger partial charge in [0.05, 0.1) is 12.4 Å². The lowest BCUT2D eigenvalue weighted by Gasteiger charge is -2.08. The summed E-state index contributed by atoms with van der Waals surface area (Å²) in [6.07, 6.45) is 5.60. The number of hydrogen-bond acceptors (Lipinski definition) is 2. The summed E-state index contributed by atoms with van der Waals surface area (Å²) in [7, 11) is 0. The average molecular weight is 182 g/mol. The lowest BCUT2D eigenvalue weighted by atomic mass is 10.0. The van der Waals surface area contributed by atoms with Gasteiger partial charge < -0.3 is 9.52 Å². The third-order valence-corrected chi connectivity index (χ3v) is 2.34. The van der Waals surface area contributed by atoms with Crippen LogP contribution >= 0.6 is 0 Å². The number of unbranched alkanes of at least 4 members (excludes halogenated alkanes) is 2. The molecule has 1 rings (SSSR count). The predicted molar refractivity (Wildman–Crippen MR) is 52.5 cm³/mol. The van der Waals surface area contributed by atoms with Crippen LogP contribution in [-0.2, 0) is 0 Å². The monoisotopic (exact) mass is 182 g/mol. The second-order valence-corrected chi connectivity index (χ2v) is 3.44. The van der Waals surface area contributed by atoms with Crippen LogP contribution in [0.5, 0.6) is 0 Å². The third kappa shape index (κ3) is 2.88. The zero-order chi connectivity index (χ0) is 9.68. The lowest BCUT2D eigenvalue weighted by Crippen LogP contribution is -1.97.